The average Bonchev–Trinajstić information content (AvgIpc) is 2.88. The lowest BCUT2D eigenvalue weighted by molar-refractivity contribution is -0.120. The van der Waals surface area contributed by atoms with Gasteiger partial charge in [-0.05, 0) is 30.5 Å². The number of halogens is 1. The van der Waals surface area contributed by atoms with Crippen LogP contribution < -0.4 is 14.8 Å². The van der Waals surface area contributed by atoms with Crippen molar-refractivity contribution < 1.29 is 14.3 Å². The van der Waals surface area contributed by atoms with Crippen LogP contribution >= 0.6 is 11.6 Å². The molecule has 1 amide bonds. The summed E-state index contributed by atoms with van der Waals surface area (Å²) in [5, 5.41) is 12.0. The van der Waals surface area contributed by atoms with E-state index in [1.165, 1.54) is 12.8 Å². The molecule has 0 radical (unpaired) electrons. The lowest BCUT2D eigenvalue weighted by Crippen LogP contribution is -2.28. The first-order valence-corrected chi connectivity index (χ1v) is 9.84. The molecule has 0 unspecified atom stereocenters. The van der Waals surface area contributed by atoms with E-state index in [4.69, 9.17) is 21.1 Å². The molecule has 0 atom stereocenters. The summed E-state index contributed by atoms with van der Waals surface area (Å²) in [4.78, 5) is 12.3. The minimum atomic E-state index is -0.0571. The summed E-state index contributed by atoms with van der Waals surface area (Å²) in [6, 6.07) is 3.57. The van der Waals surface area contributed by atoms with Gasteiger partial charge in [-0.15, -0.1) is 10.2 Å². The largest absolute Gasteiger partial charge is 0.486 e. The second-order valence-electron chi connectivity index (χ2n) is 6.87. The molecule has 0 fully saturated rings. The molecule has 1 N–H and O–H groups in total. The monoisotopic (exact) mass is 390 g/mol. The highest BCUT2D eigenvalue weighted by atomic mass is 35.5. The quantitative estimate of drug-likeness (QED) is 0.847. The van der Waals surface area contributed by atoms with Crippen LogP contribution in [-0.2, 0) is 30.6 Å². The number of carbonyl (C=O) groups is 1. The SMILES string of the molecule is O=C(Cc1cc(Cl)c2c(c1)OCCO2)NCCc1nnc2n1CCCCC2. The average molecular weight is 391 g/mol. The number of carbonyl (C=O) groups excluding carboxylic acids is 1. The van der Waals surface area contributed by atoms with Crippen molar-refractivity contribution in [2.75, 3.05) is 19.8 Å². The molecule has 2 aliphatic rings. The molecule has 0 bridgehead atoms. The van der Waals surface area contributed by atoms with Gasteiger partial charge in [-0.2, -0.15) is 0 Å². The predicted molar refractivity (Wildman–Crippen MR) is 100 cm³/mol. The van der Waals surface area contributed by atoms with Crippen LogP contribution in [0.2, 0.25) is 5.02 Å². The van der Waals surface area contributed by atoms with Crippen molar-refractivity contribution in [2.24, 2.45) is 0 Å². The van der Waals surface area contributed by atoms with Crippen molar-refractivity contribution >= 4 is 17.5 Å². The first-order valence-electron chi connectivity index (χ1n) is 9.46. The van der Waals surface area contributed by atoms with Gasteiger partial charge in [0.15, 0.2) is 11.5 Å². The Kier molecular flexibility index (Phi) is 5.48. The van der Waals surface area contributed by atoms with Gasteiger partial charge < -0.3 is 19.4 Å². The molecule has 1 aromatic heterocycles. The molecular formula is C19H23ClN4O3. The number of nitrogens with one attached hydrogen (secondary N) is 1. The molecular weight excluding hydrogens is 368 g/mol. The number of hydrogen-bond acceptors (Lipinski definition) is 5. The van der Waals surface area contributed by atoms with Gasteiger partial charge in [0.2, 0.25) is 5.91 Å². The van der Waals surface area contributed by atoms with E-state index < -0.39 is 0 Å². The fourth-order valence-corrected chi connectivity index (χ4v) is 3.85. The van der Waals surface area contributed by atoms with Crippen molar-refractivity contribution in [3.05, 3.63) is 34.4 Å². The first-order chi connectivity index (χ1) is 13.2. The highest BCUT2D eigenvalue weighted by molar-refractivity contribution is 6.32. The molecule has 2 aromatic rings. The van der Waals surface area contributed by atoms with Crippen LogP contribution in [0.5, 0.6) is 11.5 Å². The Balaban J connectivity index is 1.32. The second-order valence-corrected chi connectivity index (χ2v) is 7.28. The zero-order chi connectivity index (χ0) is 18.6. The number of benzene rings is 1. The van der Waals surface area contributed by atoms with E-state index in [0.717, 1.165) is 36.6 Å². The van der Waals surface area contributed by atoms with E-state index >= 15 is 0 Å². The van der Waals surface area contributed by atoms with Crippen LogP contribution in [0.15, 0.2) is 12.1 Å². The fourth-order valence-electron chi connectivity index (χ4n) is 3.56. The van der Waals surface area contributed by atoms with Gasteiger partial charge in [0.1, 0.15) is 24.9 Å². The van der Waals surface area contributed by atoms with Gasteiger partial charge in [0.05, 0.1) is 11.4 Å². The van der Waals surface area contributed by atoms with E-state index in [1.807, 2.05) is 6.07 Å². The van der Waals surface area contributed by atoms with Gasteiger partial charge >= 0.3 is 0 Å². The summed E-state index contributed by atoms with van der Waals surface area (Å²) in [5.41, 5.74) is 0.804. The summed E-state index contributed by atoms with van der Waals surface area (Å²) in [7, 11) is 0. The van der Waals surface area contributed by atoms with E-state index in [2.05, 4.69) is 20.1 Å². The topological polar surface area (TPSA) is 78.3 Å². The molecule has 0 saturated carbocycles. The number of rotatable bonds is 5. The summed E-state index contributed by atoms with van der Waals surface area (Å²) >= 11 is 6.23. The molecule has 2 aliphatic heterocycles. The summed E-state index contributed by atoms with van der Waals surface area (Å²) in [6.07, 6.45) is 5.49. The Bertz CT molecular complexity index is 837. The molecule has 1 aromatic carbocycles. The Labute approximate surface area is 163 Å². The lowest BCUT2D eigenvalue weighted by atomic mass is 10.1. The van der Waals surface area contributed by atoms with Crippen molar-refractivity contribution in [1.29, 1.82) is 0 Å². The maximum absolute atomic E-state index is 12.3. The van der Waals surface area contributed by atoms with E-state index in [9.17, 15) is 4.79 Å². The Morgan fingerprint density at radius 3 is 3.00 bits per heavy atom. The molecule has 0 spiro atoms. The molecule has 0 saturated heterocycles. The van der Waals surface area contributed by atoms with E-state index in [0.29, 0.717) is 42.7 Å². The van der Waals surface area contributed by atoms with E-state index in [1.54, 1.807) is 6.07 Å². The molecule has 7 nitrogen and oxygen atoms in total. The number of nitrogens with zero attached hydrogens (tertiary/aromatic N) is 3. The first kappa shape index (κ1) is 18.1. The zero-order valence-corrected chi connectivity index (χ0v) is 15.9. The van der Waals surface area contributed by atoms with Crippen molar-refractivity contribution in [1.82, 2.24) is 20.1 Å². The minimum Gasteiger partial charge on any atom is -0.486 e. The zero-order valence-electron chi connectivity index (χ0n) is 15.2. The van der Waals surface area contributed by atoms with Gasteiger partial charge in [-0.3, -0.25) is 4.79 Å². The maximum Gasteiger partial charge on any atom is 0.224 e. The third-order valence-electron chi connectivity index (χ3n) is 4.88. The minimum absolute atomic E-state index is 0.0571. The fraction of sp³-hybridized carbons (Fsp3) is 0.526. The Morgan fingerprint density at radius 2 is 2.07 bits per heavy atom. The third kappa shape index (κ3) is 4.18. The van der Waals surface area contributed by atoms with Crippen molar-refractivity contribution in [2.45, 2.75) is 45.1 Å². The number of ether oxygens (including phenoxy) is 2. The van der Waals surface area contributed by atoms with Crippen LogP contribution in [0.3, 0.4) is 0 Å². The number of fused-ring (bicyclic) bond motifs is 2. The molecule has 8 heteroatoms. The number of aryl methyl sites for hydroxylation is 1. The number of hydrogen-bond donors (Lipinski definition) is 1. The predicted octanol–water partition coefficient (Wildman–Crippen LogP) is 2.33. The third-order valence-corrected chi connectivity index (χ3v) is 5.16. The summed E-state index contributed by atoms with van der Waals surface area (Å²) < 4.78 is 13.3. The van der Waals surface area contributed by atoms with Gasteiger partial charge in [-0.25, -0.2) is 0 Å². The van der Waals surface area contributed by atoms with Crippen molar-refractivity contribution in [3.63, 3.8) is 0 Å². The van der Waals surface area contributed by atoms with Crippen LogP contribution in [0.1, 0.15) is 36.5 Å². The second kappa shape index (κ2) is 8.17. The molecule has 3 heterocycles. The molecule has 4 rings (SSSR count). The van der Waals surface area contributed by atoms with Gasteiger partial charge in [-0.1, -0.05) is 18.0 Å². The van der Waals surface area contributed by atoms with Crippen LogP contribution in [0.4, 0.5) is 0 Å². The van der Waals surface area contributed by atoms with Gasteiger partial charge in [0, 0.05) is 25.9 Å². The molecule has 0 aliphatic carbocycles. The normalized spacial score (nSPS) is 15.7. The Hall–Kier alpha value is -2.28. The summed E-state index contributed by atoms with van der Waals surface area (Å²) in [5.74, 6) is 3.12. The molecule has 144 valence electrons. The highest BCUT2D eigenvalue weighted by Crippen LogP contribution is 2.38. The standard InChI is InChI=1S/C19H23ClN4O3/c20-14-10-13(11-15-19(14)27-9-8-26-15)12-18(25)21-6-5-17-23-22-16-4-2-1-3-7-24(16)17/h10-11H,1-9,12H2,(H,21,25). The Morgan fingerprint density at radius 1 is 1.19 bits per heavy atom. The smallest absolute Gasteiger partial charge is 0.224 e. The van der Waals surface area contributed by atoms with Crippen LogP contribution in [-0.4, -0.2) is 40.4 Å². The number of aromatic nitrogens is 3. The van der Waals surface area contributed by atoms with E-state index in [-0.39, 0.29) is 12.3 Å². The maximum atomic E-state index is 12.3. The highest BCUT2D eigenvalue weighted by Gasteiger charge is 2.18. The molecule has 27 heavy (non-hydrogen) atoms. The number of amides is 1. The van der Waals surface area contributed by atoms with Crippen molar-refractivity contribution in [3.8, 4) is 11.5 Å². The lowest BCUT2D eigenvalue weighted by Gasteiger charge is -2.20. The van der Waals surface area contributed by atoms with Gasteiger partial charge in [0.25, 0.3) is 0 Å². The van der Waals surface area contributed by atoms with Crippen LogP contribution in [0.25, 0.3) is 0 Å². The summed E-state index contributed by atoms with van der Waals surface area (Å²) in [6.45, 7) is 2.48. The van der Waals surface area contributed by atoms with Crippen LogP contribution in [0, 0.1) is 0 Å².